The number of nitrogens with one attached hydrogen (secondary N) is 2. The smallest absolute Gasteiger partial charge is 0.339 e. The van der Waals surface area contributed by atoms with Crippen molar-refractivity contribution < 1.29 is 31.9 Å². The Morgan fingerprint density at radius 3 is 2.33 bits per heavy atom. The highest BCUT2D eigenvalue weighted by Crippen LogP contribution is 2.51. The molecular weight excluding hydrogens is 530 g/mol. The molecule has 2 saturated carbocycles. The molecule has 0 radical (unpaired) electrons. The third-order valence-electron chi connectivity index (χ3n) is 7.78. The number of hydrogen-bond acceptors (Lipinski definition) is 4. The molecular formula is C28H35F4N5O3. The van der Waals surface area contributed by atoms with E-state index in [9.17, 15) is 27.6 Å². The summed E-state index contributed by atoms with van der Waals surface area (Å²) in [6.45, 7) is 3.92. The molecule has 0 bridgehead atoms. The zero-order chi connectivity index (χ0) is 29.4. The van der Waals surface area contributed by atoms with Crippen molar-refractivity contribution in [1.82, 2.24) is 20.0 Å². The van der Waals surface area contributed by atoms with Crippen molar-refractivity contribution >= 4 is 23.4 Å². The molecule has 3 amide bonds. The number of hydrogen-bond donors (Lipinski definition) is 2. The molecule has 2 aliphatic carbocycles. The Bertz CT molecular complexity index is 1260. The van der Waals surface area contributed by atoms with E-state index >= 15 is 4.39 Å². The molecule has 2 aromatic rings. The van der Waals surface area contributed by atoms with Crippen molar-refractivity contribution in [1.29, 1.82) is 0 Å². The Kier molecular flexibility index (Phi) is 8.55. The van der Waals surface area contributed by atoms with Crippen LogP contribution in [0.2, 0.25) is 0 Å². The van der Waals surface area contributed by atoms with Gasteiger partial charge in [-0.25, -0.2) is 4.39 Å². The van der Waals surface area contributed by atoms with Crippen molar-refractivity contribution in [3.8, 4) is 0 Å². The minimum absolute atomic E-state index is 0.0767. The maximum Gasteiger partial charge on any atom is 0.406 e. The summed E-state index contributed by atoms with van der Waals surface area (Å²) < 4.78 is 55.0. The van der Waals surface area contributed by atoms with Gasteiger partial charge in [0.1, 0.15) is 24.1 Å². The molecule has 1 aromatic heterocycles. The highest BCUT2D eigenvalue weighted by molar-refractivity contribution is 6.01. The molecule has 0 unspecified atom stereocenters. The fourth-order valence-electron chi connectivity index (χ4n) is 5.50. The molecule has 218 valence electrons. The molecule has 2 N–H and O–H groups in total. The number of halogens is 4. The predicted octanol–water partition coefficient (Wildman–Crippen LogP) is 4.65. The zero-order valence-corrected chi connectivity index (χ0v) is 23.0. The lowest BCUT2D eigenvalue weighted by Crippen LogP contribution is -2.50. The van der Waals surface area contributed by atoms with Crippen LogP contribution in [0.25, 0.3) is 0 Å². The van der Waals surface area contributed by atoms with E-state index in [-0.39, 0.29) is 17.2 Å². The van der Waals surface area contributed by atoms with Gasteiger partial charge in [0.05, 0.1) is 11.6 Å². The summed E-state index contributed by atoms with van der Waals surface area (Å²) in [6.07, 6.45) is 0.808. The number of carbonyl (C=O) groups is 3. The summed E-state index contributed by atoms with van der Waals surface area (Å²) in [5.41, 5.74) is 0.858. The first kappa shape index (κ1) is 29.5. The van der Waals surface area contributed by atoms with Crippen molar-refractivity contribution in [2.45, 2.75) is 71.1 Å². The van der Waals surface area contributed by atoms with Gasteiger partial charge in [-0.1, -0.05) is 0 Å². The molecule has 2 atom stereocenters. The quantitative estimate of drug-likeness (QED) is 0.388. The van der Waals surface area contributed by atoms with Gasteiger partial charge in [-0.15, -0.1) is 0 Å². The number of aromatic nitrogens is 2. The Morgan fingerprint density at radius 1 is 1.15 bits per heavy atom. The summed E-state index contributed by atoms with van der Waals surface area (Å²) in [6, 6.07) is 3.13. The van der Waals surface area contributed by atoms with Gasteiger partial charge in [0.25, 0.3) is 5.91 Å². The molecule has 40 heavy (non-hydrogen) atoms. The largest absolute Gasteiger partial charge is 0.406 e. The lowest BCUT2D eigenvalue weighted by molar-refractivity contribution is -0.159. The molecule has 0 spiro atoms. The summed E-state index contributed by atoms with van der Waals surface area (Å²) in [5, 5.41) is 9.64. The molecule has 8 nitrogen and oxygen atoms in total. The summed E-state index contributed by atoms with van der Waals surface area (Å²) in [7, 11) is 1.05. The second-order valence-electron chi connectivity index (χ2n) is 10.9. The van der Waals surface area contributed by atoms with E-state index in [1.54, 1.807) is 13.0 Å². The van der Waals surface area contributed by atoms with Gasteiger partial charge in [-0.05, 0) is 93.5 Å². The molecule has 0 aliphatic heterocycles. The second kappa shape index (κ2) is 11.6. The third kappa shape index (κ3) is 6.82. The van der Waals surface area contributed by atoms with E-state index in [1.807, 2.05) is 6.92 Å². The lowest BCUT2D eigenvalue weighted by atomic mass is 9.88. The first-order valence-electron chi connectivity index (χ1n) is 13.6. The van der Waals surface area contributed by atoms with Crippen molar-refractivity contribution in [2.24, 2.45) is 17.8 Å². The van der Waals surface area contributed by atoms with Crippen molar-refractivity contribution in [3.63, 3.8) is 0 Å². The molecule has 1 heterocycles. The van der Waals surface area contributed by atoms with Gasteiger partial charge in [0, 0.05) is 19.8 Å². The fraction of sp³-hybridized carbons (Fsp3) is 0.571. The van der Waals surface area contributed by atoms with Crippen LogP contribution in [0, 0.1) is 30.5 Å². The minimum Gasteiger partial charge on any atom is -0.339 e. The number of carbonyl (C=O) groups excluding carboxylic acids is 3. The maximum atomic E-state index is 15.3. The minimum atomic E-state index is -4.56. The lowest BCUT2D eigenvalue weighted by Gasteiger charge is -2.28. The van der Waals surface area contributed by atoms with Crippen LogP contribution in [0.15, 0.2) is 24.4 Å². The Labute approximate surface area is 230 Å². The highest BCUT2D eigenvalue weighted by atomic mass is 19.4. The average molecular weight is 566 g/mol. The van der Waals surface area contributed by atoms with Gasteiger partial charge in [-0.3, -0.25) is 19.1 Å². The number of aryl methyl sites for hydroxylation is 2. The van der Waals surface area contributed by atoms with Gasteiger partial charge in [0.15, 0.2) is 0 Å². The van der Waals surface area contributed by atoms with E-state index < -0.39 is 48.2 Å². The standard InChI is InChI=1S/C28H35F4N5O3/c1-5-37-22(10-11-33-37)25(38)35-24(23(17-6-7-17)18-8-9-18)26(39)34-21-12-15(2)19(13-20(21)29)16(3)27(40)36(4)14-28(30,31)32/h10-13,16-18,23-24H,5-9,14H2,1-4H3,(H,34,39)(H,35,38)/t16-,24+/m1/s1. The third-order valence-corrected chi connectivity index (χ3v) is 7.78. The highest BCUT2D eigenvalue weighted by Gasteiger charge is 2.48. The number of anilines is 1. The molecule has 12 heteroatoms. The predicted molar refractivity (Wildman–Crippen MR) is 140 cm³/mol. The number of likely N-dealkylation sites (N-methyl/N-ethyl adjacent to an activating group) is 1. The molecule has 0 saturated heterocycles. The van der Waals surface area contributed by atoms with Crippen LogP contribution in [0.5, 0.6) is 0 Å². The number of rotatable bonds is 11. The van der Waals surface area contributed by atoms with Crippen LogP contribution in [0.4, 0.5) is 23.2 Å². The zero-order valence-electron chi connectivity index (χ0n) is 23.0. The van der Waals surface area contributed by atoms with Crippen LogP contribution >= 0.6 is 0 Å². The molecule has 2 fully saturated rings. The first-order chi connectivity index (χ1) is 18.8. The summed E-state index contributed by atoms with van der Waals surface area (Å²) >= 11 is 0. The normalized spacial score (nSPS) is 16.9. The van der Waals surface area contributed by atoms with Crippen LogP contribution < -0.4 is 10.6 Å². The summed E-state index contributed by atoms with van der Waals surface area (Å²) in [5.74, 6) is -3.11. The monoisotopic (exact) mass is 565 g/mol. The summed E-state index contributed by atoms with van der Waals surface area (Å²) in [4.78, 5) is 39.9. The Balaban J connectivity index is 1.54. The Hall–Kier alpha value is -3.44. The van der Waals surface area contributed by atoms with Crippen LogP contribution in [-0.2, 0) is 16.1 Å². The van der Waals surface area contributed by atoms with E-state index in [0.29, 0.717) is 34.5 Å². The van der Waals surface area contributed by atoms with E-state index in [1.165, 1.54) is 23.9 Å². The number of benzene rings is 1. The van der Waals surface area contributed by atoms with Gasteiger partial charge < -0.3 is 15.5 Å². The molecule has 1 aromatic carbocycles. The van der Waals surface area contributed by atoms with Crippen molar-refractivity contribution in [3.05, 3.63) is 47.0 Å². The Morgan fingerprint density at radius 2 is 1.77 bits per heavy atom. The average Bonchev–Trinajstić information content (AvgIpc) is 3.82. The first-order valence-corrected chi connectivity index (χ1v) is 13.6. The SMILES string of the molecule is CCn1nccc1C(=O)N[C@H](C(=O)Nc1cc(C)c([C@@H](C)C(=O)N(C)CC(F)(F)F)cc1F)C(C1CC1)C1CC1. The topological polar surface area (TPSA) is 96.3 Å². The van der Waals surface area contributed by atoms with Crippen molar-refractivity contribution in [2.75, 3.05) is 18.9 Å². The molecule has 4 rings (SSSR count). The number of nitrogens with zero attached hydrogens (tertiary/aromatic N) is 3. The van der Waals surface area contributed by atoms with Gasteiger partial charge in [0.2, 0.25) is 11.8 Å². The van der Waals surface area contributed by atoms with E-state index in [4.69, 9.17) is 0 Å². The van der Waals surface area contributed by atoms with E-state index in [0.717, 1.165) is 38.8 Å². The van der Waals surface area contributed by atoms with Crippen LogP contribution in [-0.4, -0.2) is 58.2 Å². The van der Waals surface area contributed by atoms with Crippen LogP contribution in [0.1, 0.15) is 67.1 Å². The number of alkyl halides is 3. The molecule has 2 aliphatic rings. The van der Waals surface area contributed by atoms with Gasteiger partial charge in [-0.2, -0.15) is 18.3 Å². The number of amides is 3. The second-order valence-corrected chi connectivity index (χ2v) is 10.9. The van der Waals surface area contributed by atoms with E-state index in [2.05, 4.69) is 15.7 Å². The van der Waals surface area contributed by atoms with Gasteiger partial charge >= 0.3 is 6.18 Å². The fourth-order valence-corrected chi connectivity index (χ4v) is 5.50. The maximum absolute atomic E-state index is 15.3. The van der Waals surface area contributed by atoms with Crippen LogP contribution in [0.3, 0.4) is 0 Å².